The molecule has 0 radical (unpaired) electrons. The van der Waals surface area contributed by atoms with Gasteiger partial charge < -0.3 is 14.8 Å². The molecule has 1 N–H and O–H groups in total. The summed E-state index contributed by atoms with van der Waals surface area (Å²) in [5.41, 5.74) is 1.25. The van der Waals surface area contributed by atoms with Gasteiger partial charge >= 0.3 is 0 Å². The monoisotopic (exact) mass is 439 g/mol. The Morgan fingerprint density at radius 3 is 2.84 bits per heavy atom. The average molecular weight is 440 g/mol. The summed E-state index contributed by atoms with van der Waals surface area (Å²) in [6.45, 7) is 5.00. The van der Waals surface area contributed by atoms with Crippen LogP contribution in [0.15, 0.2) is 29.3 Å². The smallest absolute Gasteiger partial charge is 0.250 e. The number of amides is 1. The van der Waals surface area contributed by atoms with Crippen molar-refractivity contribution < 1.29 is 4.79 Å². The summed E-state index contributed by atoms with van der Waals surface area (Å²) in [6.07, 6.45) is 9.01. The maximum atomic E-state index is 12.9. The Labute approximate surface area is 188 Å². The van der Waals surface area contributed by atoms with Gasteiger partial charge in [0, 0.05) is 56.8 Å². The lowest BCUT2D eigenvalue weighted by Crippen LogP contribution is -2.49. The molecule has 2 bridgehead atoms. The molecule has 1 amide bonds. The van der Waals surface area contributed by atoms with Gasteiger partial charge in [0.2, 0.25) is 5.91 Å². The van der Waals surface area contributed by atoms with Gasteiger partial charge in [-0.3, -0.25) is 9.59 Å². The molecule has 9 nitrogen and oxygen atoms in total. The second-order valence-electron chi connectivity index (χ2n) is 10.1. The number of piperidine rings is 1. The minimum atomic E-state index is -0.0448. The van der Waals surface area contributed by atoms with E-state index in [0.717, 1.165) is 58.3 Å². The van der Waals surface area contributed by atoms with Gasteiger partial charge in [0.1, 0.15) is 6.33 Å². The summed E-state index contributed by atoms with van der Waals surface area (Å²) in [4.78, 5) is 27.5. The number of fused-ring (bicyclic) bond motifs is 4. The predicted octanol–water partition coefficient (Wildman–Crippen LogP) is 1.41. The highest BCUT2D eigenvalue weighted by atomic mass is 16.1. The number of tetrazole rings is 1. The van der Waals surface area contributed by atoms with Gasteiger partial charge in [-0.25, -0.2) is 4.68 Å². The molecule has 0 spiro atoms. The average Bonchev–Trinajstić information content (AvgIpc) is 3.28. The molecule has 0 aromatic carbocycles. The number of hydrogen-bond acceptors (Lipinski definition) is 6. The second kappa shape index (κ2) is 9.13. The van der Waals surface area contributed by atoms with Crippen molar-refractivity contribution in [2.45, 2.75) is 64.0 Å². The highest BCUT2D eigenvalue weighted by molar-refractivity contribution is 5.76. The third-order valence-electron chi connectivity index (χ3n) is 7.64. The molecule has 5 rings (SSSR count). The van der Waals surface area contributed by atoms with Crippen molar-refractivity contribution >= 4 is 5.91 Å². The van der Waals surface area contributed by atoms with Crippen LogP contribution in [0.25, 0.3) is 0 Å². The lowest BCUT2D eigenvalue weighted by atomic mass is 9.71. The number of carbonyl (C=O) groups is 1. The SMILES string of the molecule is O=C(CC1(Cn2cnnn2)CCCCC1)NCCN1C[C@H]2C[C@@H](C1)c1cccc(=O)n1C2. The van der Waals surface area contributed by atoms with Crippen molar-refractivity contribution in [1.29, 1.82) is 0 Å². The van der Waals surface area contributed by atoms with Gasteiger partial charge in [-0.1, -0.05) is 25.3 Å². The number of pyridine rings is 1. The summed E-state index contributed by atoms with van der Waals surface area (Å²) in [7, 11) is 0. The molecule has 172 valence electrons. The highest BCUT2D eigenvalue weighted by Crippen LogP contribution is 2.40. The van der Waals surface area contributed by atoms with Crippen molar-refractivity contribution in [2.24, 2.45) is 11.3 Å². The van der Waals surface area contributed by atoms with Crippen LogP contribution in [0.1, 0.15) is 56.6 Å². The Hall–Kier alpha value is -2.55. The minimum Gasteiger partial charge on any atom is -0.355 e. The third-order valence-corrected chi connectivity index (χ3v) is 7.64. The largest absolute Gasteiger partial charge is 0.355 e. The number of nitrogens with one attached hydrogen (secondary N) is 1. The summed E-state index contributed by atoms with van der Waals surface area (Å²) < 4.78 is 3.74. The number of hydrogen-bond donors (Lipinski definition) is 1. The van der Waals surface area contributed by atoms with E-state index >= 15 is 0 Å². The number of carbonyl (C=O) groups excluding carboxylic acids is 1. The molecule has 2 atom stereocenters. The third kappa shape index (κ3) is 4.62. The Morgan fingerprint density at radius 2 is 2.03 bits per heavy atom. The van der Waals surface area contributed by atoms with Crippen LogP contribution < -0.4 is 10.9 Å². The molecule has 9 heteroatoms. The lowest BCUT2D eigenvalue weighted by Gasteiger charge is -2.42. The summed E-state index contributed by atoms with van der Waals surface area (Å²) in [5, 5.41) is 14.7. The minimum absolute atomic E-state index is 0.0448. The Morgan fingerprint density at radius 1 is 1.16 bits per heavy atom. The fourth-order valence-corrected chi connectivity index (χ4v) is 6.22. The second-order valence-corrected chi connectivity index (χ2v) is 10.1. The first-order chi connectivity index (χ1) is 15.6. The zero-order valence-corrected chi connectivity index (χ0v) is 18.7. The van der Waals surface area contributed by atoms with Crippen LogP contribution in [0.5, 0.6) is 0 Å². The maximum Gasteiger partial charge on any atom is 0.250 e. The lowest BCUT2D eigenvalue weighted by molar-refractivity contribution is -0.124. The normalized spacial score (nSPS) is 24.6. The fraction of sp³-hybridized carbons (Fsp3) is 0.696. The van der Waals surface area contributed by atoms with E-state index in [-0.39, 0.29) is 16.9 Å². The molecule has 0 unspecified atom stereocenters. The van der Waals surface area contributed by atoms with E-state index < -0.39 is 0 Å². The quantitative estimate of drug-likeness (QED) is 0.701. The first-order valence-corrected chi connectivity index (χ1v) is 12.0. The summed E-state index contributed by atoms with van der Waals surface area (Å²) in [6, 6.07) is 5.64. The fourth-order valence-electron chi connectivity index (χ4n) is 6.22. The van der Waals surface area contributed by atoms with E-state index in [9.17, 15) is 9.59 Å². The summed E-state index contributed by atoms with van der Waals surface area (Å²) >= 11 is 0. The van der Waals surface area contributed by atoms with Crippen LogP contribution in [0.3, 0.4) is 0 Å². The van der Waals surface area contributed by atoms with Gasteiger partial charge in [-0.2, -0.15) is 0 Å². The molecule has 4 heterocycles. The van der Waals surface area contributed by atoms with E-state index in [1.54, 1.807) is 17.1 Å². The van der Waals surface area contributed by atoms with Crippen molar-refractivity contribution in [2.75, 3.05) is 26.2 Å². The number of rotatable bonds is 7. The van der Waals surface area contributed by atoms with Crippen molar-refractivity contribution in [3.8, 4) is 0 Å². The van der Waals surface area contributed by atoms with Crippen LogP contribution in [0.4, 0.5) is 0 Å². The molecule has 1 aliphatic carbocycles. The van der Waals surface area contributed by atoms with Crippen molar-refractivity contribution in [1.82, 2.24) is 35.0 Å². The van der Waals surface area contributed by atoms with Gasteiger partial charge in [-0.15, -0.1) is 5.10 Å². The Bertz CT molecular complexity index is 980. The van der Waals surface area contributed by atoms with Gasteiger partial charge in [0.05, 0.1) is 6.54 Å². The number of likely N-dealkylation sites (tertiary alicyclic amines) is 1. The molecule has 1 saturated heterocycles. The molecular formula is C23H33N7O2. The van der Waals surface area contributed by atoms with Crippen LogP contribution in [0.2, 0.25) is 0 Å². The van der Waals surface area contributed by atoms with Gasteiger partial charge in [0.15, 0.2) is 0 Å². The molecule has 2 aliphatic heterocycles. The Kier molecular flexibility index (Phi) is 6.08. The molecular weight excluding hydrogens is 406 g/mol. The highest BCUT2D eigenvalue weighted by Gasteiger charge is 2.36. The molecule has 32 heavy (non-hydrogen) atoms. The maximum absolute atomic E-state index is 12.9. The van der Waals surface area contributed by atoms with E-state index in [2.05, 4.69) is 31.8 Å². The van der Waals surface area contributed by atoms with E-state index in [4.69, 9.17) is 0 Å². The van der Waals surface area contributed by atoms with Crippen LogP contribution in [-0.4, -0.2) is 61.8 Å². The standard InChI is InChI=1S/C23H33N7O2/c31-21(12-23(7-2-1-3-8-23)16-29-17-25-26-27-29)24-9-10-28-13-18-11-19(15-28)20-5-4-6-22(32)30(20)14-18/h4-6,17-19H,1-3,7-16H2,(H,24,31)/t18-,19+/m1/s1. The number of nitrogens with zero attached hydrogens (tertiary/aromatic N) is 6. The van der Waals surface area contributed by atoms with Crippen LogP contribution >= 0.6 is 0 Å². The van der Waals surface area contributed by atoms with Gasteiger partial charge in [0.25, 0.3) is 5.56 Å². The molecule has 2 fully saturated rings. The van der Waals surface area contributed by atoms with Crippen LogP contribution in [-0.2, 0) is 17.9 Å². The molecule has 2 aromatic heterocycles. The summed E-state index contributed by atoms with van der Waals surface area (Å²) in [5.74, 6) is 1.06. The molecule has 3 aliphatic rings. The van der Waals surface area contributed by atoms with Crippen LogP contribution in [0, 0.1) is 11.3 Å². The number of aromatic nitrogens is 5. The first kappa shape index (κ1) is 21.3. The molecule has 2 aromatic rings. The van der Waals surface area contributed by atoms with Crippen molar-refractivity contribution in [3.05, 3.63) is 40.6 Å². The topological polar surface area (TPSA) is 97.9 Å². The van der Waals surface area contributed by atoms with E-state index in [1.807, 2.05) is 10.6 Å². The molecule has 1 saturated carbocycles. The predicted molar refractivity (Wildman–Crippen MR) is 119 cm³/mol. The van der Waals surface area contributed by atoms with Gasteiger partial charge in [-0.05, 0) is 47.1 Å². The Balaban J connectivity index is 1.14. The first-order valence-electron chi connectivity index (χ1n) is 12.0. The zero-order chi connectivity index (χ0) is 22.0. The van der Waals surface area contributed by atoms with E-state index in [0.29, 0.717) is 31.3 Å². The zero-order valence-electron chi connectivity index (χ0n) is 18.7. The van der Waals surface area contributed by atoms with E-state index in [1.165, 1.54) is 12.1 Å². The van der Waals surface area contributed by atoms with Crippen molar-refractivity contribution in [3.63, 3.8) is 0 Å².